The van der Waals surface area contributed by atoms with Crippen LogP contribution < -0.4 is 5.43 Å². The van der Waals surface area contributed by atoms with Crippen LogP contribution in [0.15, 0.2) is 47.6 Å². The number of amides is 1. The average molecular weight is 330 g/mol. The van der Waals surface area contributed by atoms with Crippen LogP contribution in [-0.2, 0) is 0 Å². The molecule has 1 amide bonds. The largest absolute Gasteiger partial charge is 0.502 e. The van der Waals surface area contributed by atoms with Crippen molar-refractivity contribution in [1.29, 1.82) is 0 Å². The minimum Gasteiger partial charge on any atom is -0.502 e. The van der Waals surface area contributed by atoms with Crippen LogP contribution in [0, 0.1) is 20.2 Å². The summed E-state index contributed by atoms with van der Waals surface area (Å²) in [7, 11) is 0. The second-order valence-corrected chi connectivity index (χ2v) is 4.51. The average Bonchev–Trinajstić information content (AvgIpc) is 2.56. The summed E-state index contributed by atoms with van der Waals surface area (Å²) in [5, 5.41) is 34.3. The number of carbonyl (C=O) groups excluding carboxylic acids is 1. The van der Waals surface area contributed by atoms with Gasteiger partial charge in [0.1, 0.15) is 0 Å². The molecule has 2 rings (SSSR count). The summed E-state index contributed by atoms with van der Waals surface area (Å²) in [6.07, 6.45) is 1.14. The summed E-state index contributed by atoms with van der Waals surface area (Å²) in [5.74, 6) is -1.17. The third kappa shape index (κ3) is 3.88. The molecule has 0 aliphatic carbocycles. The number of hydrazone groups is 1. The number of aromatic hydroxyl groups is 1. The fraction of sp³-hybridized carbons (Fsp3) is 0. The smallest absolute Gasteiger partial charge is 0.311 e. The number of phenolic OH excluding ortho intramolecular Hbond substituents is 1. The van der Waals surface area contributed by atoms with Gasteiger partial charge in [0.2, 0.25) is 0 Å². The number of hydrogen-bond donors (Lipinski definition) is 2. The molecule has 122 valence electrons. The zero-order chi connectivity index (χ0) is 17.7. The van der Waals surface area contributed by atoms with Crippen molar-refractivity contribution in [2.45, 2.75) is 0 Å². The molecule has 0 spiro atoms. The van der Waals surface area contributed by atoms with Gasteiger partial charge in [-0.25, -0.2) is 5.43 Å². The van der Waals surface area contributed by atoms with Gasteiger partial charge in [0, 0.05) is 29.3 Å². The van der Waals surface area contributed by atoms with Crippen molar-refractivity contribution in [3.8, 4) is 5.75 Å². The highest BCUT2D eigenvalue weighted by atomic mass is 16.6. The van der Waals surface area contributed by atoms with E-state index in [4.69, 9.17) is 0 Å². The molecule has 10 nitrogen and oxygen atoms in total. The van der Waals surface area contributed by atoms with E-state index in [2.05, 4.69) is 10.5 Å². The lowest BCUT2D eigenvalue weighted by atomic mass is 10.2. The SMILES string of the molecule is O=C(N/N=C\c1ccc(O)c([N+](=O)[O-])c1)c1cccc([N+](=O)[O-])c1. The van der Waals surface area contributed by atoms with Crippen LogP contribution in [0.4, 0.5) is 11.4 Å². The third-order valence-electron chi connectivity index (χ3n) is 2.90. The number of nitrogens with zero attached hydrogens (tertiary/aromatic N) is 3. The zero-order valence-electron chi connectivity index (χ0n) is 11.9. The van der Waals surface area contributed by atoms with Gasteiger partial charge in [-0.05, 0) is 18.2 Å². The first kappa shape index (κ1) is 16.5. The molecule has 0 heterocycles. The van der Waals surface area contributed by atoms with Crippen LogP contribution in [0.25, 0.3) is 0 Å². The lowest BCUT2D eigenvalue weighted by molar-refractivity contribution is -0.385. The number of non-ortho nitro benzene ring substituents is 1. The van der Waals surface area contributed by atoms with Crippen LogP contribution in [0.3, 0.4) is 0 Å². The summed E-state index contributed by atoms with van der Waals surface area (Å²) in [5.41, 5.74) is 1.74. The number of carbonyl (C=O) groups is 1. The summed E-state index contributed by atoms with van der Waals surface area (Å²) in [6, 6.07) is 8.65. The fourth-order valence-corrected chi connectivity index (χ4v) is 1.76. The van der Waals surface area contributed by atoms with Crippen LogP contribution >= 0.6 is 0 Å². The molecule has 0 fully saturated rings. The molecule has 0 aliphatic heterocycles. The number of benzene rings is 2. The lowest BCUT2D eigenvalue weighted by Gasteiger charge is -2.00. The minimum atomic E-state index is -0.756. The van der Waals surface area contributed by atoms with Gasteiger partial charge in [0.15, 0.2) is 5.75 Å². The van der Waals surface area contributed by atoms with Crippen LogP contribution in [-0.4, -0.2) is 27.1 Å². The molecule has 24 heavy (non-hydrogen) atoms. The molecular weight excluding hydrogens is 320 g/mol. The number of phenols is 1. The maximum Gasteiger partial charge on any atom is 0.311 e. The van der Waals surface area contributed by atoms with Gasteiger partial charge < -0.3 is 5.11 Å². The third-order valence-corrected chi connectivity index (χ3v) is 2.90. The van der Waals surface area contributed by atoms with Crippen LogP contribution in [0.1, 0.15) is 15.9 Å². The molecule has 0 saturated heterocycles. The van der Waals surface area contributed by atoms with E-state index < -0.39 is 27.2 Å². The van der Waals surface area contributed by atoms with Gasteiger partial charge in [-0.3, -0.25) is 25.0 Å². The van der Waals surface area contributed by atoms with Crippen LogP contribution in [0.5, 0.6) is 5.75 Å². The second-order valence-electron chi connectivity index (χ2n) is 4.51. The fourth-order valence-electron chi connectivity index (χ4n) is 1.76. The van der Waals surface area contributed by atoms with E-state index in [-0.39, 0.29) is 16.8 Å². The van der Waals surface area contributed by atoms with Crippen molar-refractivity contribution >= 4 is 23.5 Å². The van der Waals surface area contributed by atoms with Gasteiger partial charge in [0.05, 0.1) is 16.1 Å². The normalized spacial score (nSPS) is 10.5. The van der Waals surface area contributed by atoms with Crippen molar-refractivity contribution < 1.29 is 19.7 Å². The first-order valence-electron chi connectivity index (χ1n) is 6.44. The molecule has 0 aromatic heterocycles. The van der Waals surface area contributed by atoms with Crippen molar-refractivity contribution in [3.63, 3.8) is 0 Å². The van der Waals surface area contributed by atoms with E-state index in [0.717, 1.165) is 24.4 Å². The predicted molar refractivity (Wildman–Crippen MR) is 82.9 cm³/mol. The number of rotatable bonds is 5. The molecule has 0 aliphatic rings. The highest BCUT2D eigenvalue weighted by Gasteiger charge is 2.13. The maximum absolute atomic E-state index is 11.8. The molecule has 0 unspecified atom stereocenters. The molecule has 2 N–H and O–H groups in total. The Kier molecular flexibility index (Phi) is 4.80. The molecule has 2 aromatic carbocycles. The van der Waals surface area contributed by atoms with Crippen molar-refractivity contribution in [2.24, 2.45) is 5.10 Å². The number of nitro groups is 2. The van der Waals surface area contributed by atoms with Crippen molar-refractivity contribution in [2.75, 3.05) is 0 Å². The quantitative estimate of drug-likeness (QED) is 0.486. The van der Waals surface area contributed by atoms with E-state index in [1.165, 1.54) is 24.3 Å². The first-order valence-corrected chi connectivity index (χ1v) is 6.44. The second kappa shape index (κ2) is 6.96. The monoisotopic (exact) mass is 330 g/mol. The Balaban J connectivity index is 2.10. The molecule has 2 aromatic rings. The molecule has 0 radical (unpaired) electrons. The Bertz CT molecular complexity index is 849. The van der Waals surface area contributed by atoms with Gasteiger partial charge in [-0.2, -0.15) is 5.10 Å². The van der Waals surface area contributed by atoms with Gasteiger partial charge in [-0.1, -0.05) is 6.07 Å². The predicted octanol–water partition coefficient (Wildman–Crippen LogP) is 1.97. The summed E-state index contributed by atoms with van der Waals surface area (Å²) < 4.78 is 0. The van der Waals surface area contributed by atoms with E-state index in [0.29, 0.717) is 0 Å². The number of nitro benzene ring substituents is 2. The topological polar surface area (TPSA) is 148 Å². The number of hydrogen-bond acceptors (Lipinski definition) is 7. The minimum absolute atomic E-state index is 0.0398. The highest BCUT2D eigenvalue weighted by Crippen LogP contribution is 2.25. The molecular formula is C14H10N4O6. The first-order chi connectivity index (χ1) is 11.4. The molecule has 0 saturated carbocycles. The molecule has 0 atom stereocenters. The van der Waals surface area contributed by atoms with Gasteiger partial charge in [-0.15, -0.1) is 0 Å². The lowest BCUT2D eigenvalue weighted by Crippen LogP contribution is -2.17. The zero-order valence-corrected chi connectivity index (χ0v) is 11.9. The van der Waals surface area contributed by atoms with Crippen molar-refractivity contribution in [3.05, 3.63) is 73.8 Å². The summed E-state index contributed by atoms with van der Waals surface area (Å²) >= 11 is 0. The van der Waals surface area contributed by atoms with E-state index in [1.54, 1.807) is 0 Å². The van der Waals surface area contributed by atoms with Gasteiger partial charge in [0.25, 0.3) is 11.6 Å². The van der Waals surface area contributed by atoms with E-state index in [1.807, 2.05) is 0 Å². The van der Waals surface area contributed by atoms with E-state index in [9.17, 15) is 30.1 Å². The summed E-state index contributed by atoms with van der Waals surface area (Å²) in [4.78, 5) is 31.8. The van der Waals surface area contributed by atoms with Crippen LogP contribution in [0.2, 0.25) is 0 Å². The number of nitrogens with one attached hydrogen (secondary N) is 1. The molecule has 10 heteroatoms. The Morgan fingerprint density at radius 2 is 1.88 bits per heavy atom. The Morgan fingerprint density at radius 1 is 1.12 bits per heavy atom. The van der Waals surface area contributed by atoms with Gasteiger partial charge >= 0.3 is 5.69 Å². The van der Waals surface area contributed by atoms with Crippen molar-refractivity contribution in [1.82, 2.24) is 5.43 Å². The highest BCUT2D eigenvalue weighted by molar-refractivity contribution is 5.95. The maximum atomic E-state index is 11.8. The Labute approximate surface area is 134 Å². The standard InChI is InChI=1S/C14H10N4O6/c19-13-5-4-9(6-12(13)18(23)24)8-15-16-14(20)10-2-1-3-11(7-10)17(21)22/h1-8,19H,(H,16,20)/b15-8-. The van der Waals surface area contributed by atoms with E-state index >= 15 is 0 Å². The Hall–Kier alpha value is -3.82. The summed E-state index contributed by atoms with van der Waals surface area (Å²) in [6.45, 7) is 0. The molecule has 0 bridgehead atoms. The Morgan fingerprint density at radius 3 is 2.54 bits per heavy atom.